The number of hydrogen-bond donors (Lipinski definition) is 1. The Morgan fingerprint density at radius 2 is 2.29 bits per heavy atom. The van der Waals surface area contributed by atoms with Crippen LogP contribution in [0, 0.1) is 0 Å². The number of halogens is 1. The lowest BCUT2D eigenvalue weighted by Crippen LogP contribution is -2.28. The molecule has 2 rings (SSSR count). The highest BCUT2D eigenvalue weighted by molar-refractivity contribution is 9.10. The number of anilines is 1. The van der Waals surface area contributed by atoms with Gasteiger partial charge in [-0.05, 0) is 59.9 Å². The zero-order chi connectivity index (χ0) is 12.3. The van der Waals surface area contributed by atoms with Crippen LogP contribution in [0.1, 0.15) is 31.7 Å². The number of nitrogens with zero attached hydrogens (tertiary/aromatic N) is 1. The molecular formula is C14H21BrN2. The zero-order valence-corrected chi connectivity index (χ0v) is 12.3. The highest BCUT2D eigenvalue weighted by Gasteiger charge is 2.24. The van der Waals surface area contributed by atoms with Crippen molar-refractivity contribution < 1.29 is 0 Å². The molecule has 1 aromatic carbocycles. The van der Waals surface area contributed by atoms with Gasteiger partial charge >= 0.3 is 0 Å². The number of rotatable bonds is 4. The molecule has 1 aliphatic rings. The molecule has 1 aromatic rings. The van der Waals surface area contributed by atoms with Gasteiger partial charge in [-0.2, -0.15) is 0 Å². The molecule has 17 heavy (non-hydrogen) atoms. The van der Waals surface area contributed by atoms with E-state index in [1.54, 1.807) is 0 Å². The first-order valence-corrected chi connectivity index (χ1v) is 7.25. The van der Waals surface area contributed by atoms with Gasteiger partial charge in [-0.15, -0.1) is 0 Å². The van der Waals surface area contributed by atoms with E-state index in [4.69, 9.17) is 0 Å². The van der Waals surface area contributed by atoms with Gasteiger partial charge in [-0.1, -0.05) is 13.0 Å². The van der Waals surface area contributed by atoms with E-state index in [9.17, 15) is 0 Å². The summed E-state index contributed by atoms with van der Waals surface area (Å²) in [6.45, 7) is 4.41. The van der Waals surface area contributed by atoms with E-state index < -0.39 is 0 Å². The molecule has 1 unspecified atom stereocenters. The molecule has 0 spiro atoms. The summed E-state index contributed by atoms with van der Waals surface area (Å²) in [5, 5.41) is 3.19. The van der Waals surface area contributed by atoms with Crippen molar-refractivity contribution in [3.63, 3.8) is 0 Å². The Balaban J connectivity index is 2.20. The van der Waals surface area contributed by atoms with Crippen LogP contribution in [0.25, 0.3) is 0 Å². The van der Waals surface area contributed by atoms with Crippen molar-refractivity contribution in [2.45, 2.75) is 38.8 Å². The van der Waals surface area contributed by atoms with E-state index in [0.29, 0.717) is 0 Å². The largest absolute Gasteiger partial charge is 0.368 e. The Bertz CT molecular complexity index is 378. The first-order valence-electron chi connectivity index (χ1n) is 6.46. The zero-order valence-electron chi connectivity index (χ0n) is 10.7. The highest BCUT2D eigenvalue weighted by atomic mass is 79.9. The minimum Gasteiger partial charge on any atom is -0.368 e. The first-order chi connectivity index (χ1) is 8.26. The molecule has 0 amide bonds. The van der Waals surface area contributed by atoms with Gasteiger partial charge in [0, 0.05) is 23.6 Å². The first kappa shape index (κ1) is 12.9. The topological polar surface area (TPSA) is 15.3 Å². The minimum atomic E-state index is 0.724. The average Bonchev–Trinajstić information content (AvgIpc) is 2.77. The molecule has 0 aliphatic carbocycles. The van der Waals surface area contributed by atoms with Crippen LogP contribution in [-0.2, 0) is 6.54 Å². The molecule has 1 atom stereocenters. The van der Waals surface area contributed by atoms with E-state index in [1.807, 2.05) is 7.05 Å². The van der Waals surface area contributed by atoms with Crippen LogP contribution in [0.3, 0.4) is 0 Å². The third kappa shape index (κ3) is 2.83. The Labute approximate surface area is 113 Å². The van der Waals surface area contributed by atoms with E-state index in [0.717, 1.165) is 12.6 Å². The van der Waals surface area contributed by atoms with Crippen LogP contribution in [0.5, 0.6) is 0 Å². The summed E-state index contributed by atoms with van der Waals surface area (Å²) in [6, 6.07) is 7.44. The monoisotopic (exact) mass is 296 g/mol. The smallest absolute Gasteiger partial charge is 0.0513 e. The van der Waals surface area contributed by atoms with Crippen LogP contribution in [0.15, 0.2) is 22.7 Å². The van der Waals surface area contributed by atoms with Crippen molar-refractivity contribution in [3.05, 3.63) is 28.2 Å². The van der Waals surface area contributed by atoms with E-state index in [-0.39, 0.29) is 0 Å². The quantitative estimate of drug-likeness (QED) is 0.914. The maximum Gasteiger partial charge on any atom is 0.0513 e. The third-order valence-electron chi connectivity index (χ3n) is 3.55. The van der Waals surface area contributed by atoms with Crippen LogP contribution in [-0.4, -0.2) is 19.6 Å². The van der Waals surface area contributed by atoms with Crippen molar-refractivity contribution in [1.82, 2.24) is 5.32 Å². The van der Waals surface area contributed by atoms with Gasteiger partial charge < -0.3 is 10.2 Å². The van der Waals surface area contributed by atoms with Gasteiger partial charge in [0.2, 0.25) is 0 Å². The van der Waals surface area contributed by atoms with Crippen LogP contribution < -0.4 is 10.2 Å². The van der Waals surface area contributed by atoms with Crippen LogP contribution in [0.2, 0.25) is 0 Å². The Morgan fingerprint density at radius 1 is 1.47 bits per heavy atom. The number of nitrogens with one attached hydrogen (secondary N) is 1. The van der Waals surface area contributed by atoms with Gasteiger partial charge in [0.15, 0.2) is 0 Å². The lowest BCUT2D eigenvalue weighted by Gasteiger charge is -2.27. The second-order valence-corrected chi connectivity index (χ2v) is 5.57. The molecule has 0 aromatic heterocycles. The number of hydrogen-bond acceptors (Lipinski definition) is 2. The highest BCUT2D eigenvalue weighted by Crippen LogP contribution is 2.33. The maximum absolute atomic E-state index is 3.71. The molecular weight excluding hydrogens is 276 g/mol. The minimum absolute atomic E-state index is 0.724. The fourth-order valence-corrected chi connectivity index (χ4v) is 3.33. The summed E-state index contributed by atoms with van der Waals surface area (Å²) >= 11 is 3.71. The lowest BCUT2D eigenvalue weighted by atomic mass is 10.1. The lowest BCUT2D eigenvalue weighted by molar-refractivity contribution is 0.645. The van der Waals surface area contributed by atoms with Crippen LogP contribution in [0.4, 0.5) is 5.69 Å². The molecule has 0 saturated carbocycles. The SMILES string of the molecule is CCC1CCCN1c1ccc(CNC)cc1Br. The van der Waals surface area contributed by atoms with Crippen LogP contribution >= 0.6 is 15.9 Å². The van der Waals surface area contributed by atoms with Crippen molar-refractivity contribution in [3.8, 4) is 0 Å². The molecule has 1 heterocycles. The fraction of sp³-hybridized carbons (Fsp3) is 0.571. The van der Waals surface area contributed by atoms with E-state index in [1.165, 1.54) is 41.5 Å². The molecule has 0 bridgehead atoms. The van der Waals surface area contributed by atoms with Crippen molar-refractivity contribution in [2.75, 3.05) is 18.5 Å². The third-order valence-corrected chi connectivity index (χ3v) is 4.19. The molecule has 1 fully saturated rings. The molecule has 2 nitrogen and oxygen atoms in total. The average molecular weight is 297 g/mol. The van der Waals surface area contributed by atoms with Gasteiger partial charge in [-0.25, -0.2) is 0 Å². The second-order valence-electron chi connectivity index (χ2n) is 4.71. The van der Waals surface area contributed by atoms with E-state index in [2.05, 4.69) is 51.3 Å². The Hall–Kier alpha value is -0.540. The molecule has 1 saturated heterocycles. The standard InChI is InChI=1S/C14H21BrN2/c1-3-12-5-4-8-17(12)14-7-6-11(10-16-2)9-13(14)15/h6-7,9,12,16H,3-5,8,10H2,1-2H3. The summed E-state index contributed by atoms with van der Waals surface area (Å²) < 4.78 is 1.23. The molecule has 94 valence electrons. The van der Waals surface area contributed by atoms with Gasteiger partial charge in [0.1, 0.15) is 0 Å². The maximum atomic E-state index is 3.71. The summed E-state index contributed by atoms with van der Waals surface area (Å²) in [7, 11) is 1.98. The molecule has 1 aliphatic heterocycles. The summed E-state index contributed by atoms with van der Waals surface area (Å²) in [6.07, 6.45) is 3.90. The van der Waals surface area contributed by atoms with E-state index >= 15 is 0 Å². The Kier molecular flexibility index (Phi) is 4.46. The molecule has 1 N–H and O–H groups in total. The predicted molar refractivity (Wildman–Crippen MR) is 77.6 cm³/mol. The summed E-state index contributed by atoms with van der Waals surface area (Å²) in [4.78, 5) is 2.55. The fourth-order valence-electron chi connectivity index (χ4n) is 2.67. The van der Waals surface area contributed by atoms with Gasteiger partial charge in [0.05, 0.1) is 5.69 Å². The van der Waals surface area contributed by atoms with Crippen molar-refractivity contribution in [2.24, 2.45) is 0 Å². The summed E-state index contributed by atoms with van der Waals surface area (Å²) in [5.41, 5.74) is 2.68. The van der Waals surface area contributed by atoms with Gasteiger partial charge in [-0.3, -0.25) is 0 Å². The number of benzene rings is 1. The Morgan fingerprint density at radius 3 is 2.94 bits per heavy atom. The predicted octanol–water partition coefficient (Wildman–Crippen LogP) is 3.55. The molecule has 0 radical (unpaired) electrons. The van der Waals surface area contributed by atoms with Crippen molar-refractivity contribution in [1.29, 1.82) is 0 Å². The van der Waals surface area contributed by atoms with Gasteiger partial charge in [0.25, 0.3) is 0 Å². The second kappa shape index (κ2) is 5.87. The summed E-state index contributed by atoms with van der Waals surface area (Å²) in [5.74, 6) is 0. The normalized spacial score (nSPS) is 19.9. The van der Waals surface area contributed by atoms with Crippen molar-refractivity contribution >= 4 is 21.6 Å². The molecule has 3 heteroatoms.